The molecule has 2 aromatic heterocycles. The molecule has 136 valence electrons. The van der Waals surface area contributed by atoms with Crippen LogP contribution in [0.2, 0.25) is 0 Å². The van der Waals surface area contributed by atoms with Crippen molar-refractivity contribution in [2.24, 2.45) is 0 Å². The highest BCUT2D eigenvalue weighted by atomic mass is 19.1. The summed E-state index contributed by atoms with van der Waals surface area (Å²) in [5.41, 5.74) is 2.92. The molecular formula is C21H18FN3O2. The number of aromatic nitrogens is 3. The Morgan fingerprint density at radius 1 is 1.00 bits per heavy atom. The highest BCUT2D eigenvalue weighted by Gasteiger charge is 2.16. The van der Waals surface area contributed by atoms with Crippen LogP contribution in [0.3, 0.4) is 0 Å². The van der Waals surface area contributed by atoms with Crippen LogP contribution in [0.1, 0.15) is 16.8 Å². The van der Waals surface area contributed by atoms with E-state index in [0.29, 0.717) is 22.2 Å². The average Bonchev–Trinajstić information content (AvgIpc) is 2.95. The maximum atomic E-state index is 13.5. The maximum absolute atomic E-state index is 13.5. The Kier molecular flexibility index (Phi) is 4.03. The number of fused-ring (bicyclic) bond motifs is 1. The summed E-state index contributed by atoms with van der Waals surface area (Å²) in [5, 5.41) is 3.49. The van der Waals surface area contributed by atoms with Gasteiger partial charge in [0.25, 0.3) is 11.1 Å². The van der Waals surface area contributed by atoms with Crippen LogP contribution in [0.25, 0.3) is 16.6 Å². The van der Waals surface area contributed by atoms with E-state index in [9.17, 15) is 14.0 Å². The van der Waals surface area contributed by atoms with Gasteiger partial charge >= 0.3 is 0 Å². The fourth-order valence-corrected chi connectivity index (χ4v) is 3.41. The van der Waals surface area contributed by atoms with E-state index in [2.05, 4.69) is 5.10 Å². The Bertz CT molecular complexity index is 1280. The lowest BCUT2D eigenvalue weighted by molar-refractivity contribution is 0.622. The lowest BCUT2D eigenvalue weighted by Crippen LogP contribution is -2.24. The number of hydrogen-bond acceptors (Lipinski definition) is 2. The van der Waals surface area contributed by atoms with Crippen molar-refractivity contribution >= 4 is 10.9 Å². The number of rotatable bonds is 3. The van der Waals surface area contributed by atoms with Crippen LogP contribution in [0.15, 0.2) is 64.2 Å². The lowest BCUT2D eigenvalue weighted by atomic mass is 10.2. The molecule has 2 aromatic carbocycles. The molecule has 0 saturated carbocycles. The largest absolute Gasteiger partial charge is 0.308 e. The van der Waals surface area contributed by atoms with E-state index < -0.39 is 0 Å². The first-order chi connectivity index (χ1) is 13.0. The standard InChI is InChI=1S/C21H18FN3O2/c1-13-6-3-4-9-18(13)25-21(27)20-14(2)24(19(26)11-17(20)23-25)12-15-7-5-8-16(22)10-15/h3-11,23H,12H2,1-2H3. The van der Waals surface area contributed by atoms with Crippen LogP contribution in [0, 0.1) is 19.7 Å². The number of hydrogen-bond donors (Lipinski definition) is 1. The molecule has 0 aliphatic carbocycles. The van der Waals surface area contributed by atoms with Gasteiger partial charge in [-0.05, 0) is 43.2 Å². The molecule has 27 heavy (non-hydrogen) atoms. The predicted molar refractivity (Wildman–Crippen MR) is 103 cm³/mol. The van der Waals surface area contributed by atoms with Crippen molar-refractivity contribution in [3.8, 4) is 5.69 Å². The topological polar surface area (TPSA) is 59.8 Å². The van der Waals surface area contributed by atoms with Crippen LogP contribution >= 0.6 is 0 Å². The molecule has 0 spiro atoms. The molecule has 0 amide bonds. The Morgan fingerprint density at radius 2 is 1.78 bits per heavy atom. The van der Waals surface area contributed by atoms with E-state index in [1.807, 2.05) is 31.2 Å². The highest BCUT2D eigenvalue weighted by molar-refractivity contribution is 5.80. The third kappa shape index (κ3) is 2.89. The molecule has 0 fully saturated rings. The van der Waals surface area contributed by atoms with E-state index in [1.165, 1.54) is 27.4 Å². The minimum absolute atomic E-state index is 0.202. The predicted octanol–water partition coefficient (Wildman–Crippen LogP) is 3.28. The van der Waals surface area contributed by atoms with Gasteiger partial charge in [-0.2, -0.15) is 0 Å². The molecule has 0 atom stereocenters. The summed E-state index contributed by atoms with van der Waals surface area (Å²) >= 11 is 0. The first-order valence-corrected chi connectivity index (χ1v) is 8.61. The molecule has 0 saturated heterocycles. The molecule has 4 rings (SSSR count). The van der Waals surface area contributed by atoms with E-state index >= 15 is 0 Å². The van der Waals surface area contributed by atoms with Gasteiger partial charge in [-0.25, -0.2) is 9.07 Å². The summed E-state index contributed by atoms with van der Waals surface area (Å²) in [4.78, 5) is 25.6. The van der Waals surface area contributed by atoms with Gasteiger partial charge in [-0.1, -0.05) is 30.3 Å². The molecule has 5 nitrogen and oxygen atoms in total. The summed E-state index contributed by atoms with van der Waals surface area (Å²) in [5.74, 6) is -0.358. The Balaban J connectivity index is 1.92. The van der Waals surface area contributed by atoms with Gasteiger partial charge in [-0.15, -0.1) is 0 Å². The van der Waals surface area contributed by atoms with Crippen molar-refractivity contribution in [3.63, 3.8) is 0 Å². The van der Waals surface area contributed by atoms with Crippen molar-refractivity contribution in [2.75, 3.05) is 0 Å². The number of aromatic amines is 1. The van der Waals surface area contributed by atoms with E-state index in [0.717, 1.165) is 11.3 Å². The van der Waals surface area contributed by atoms with Crippen LogP contribution in [-0.2, 0) is 6.54 Å². The molecule has 0 radical (unpaired) electrons. The summed E-state index contributed by atoms with van der Waals surface area (Å²) in [6.45, 7) is 3.86. The van der Waals surface area contributed by atoms with Crippen molar-refractivity contribution in [1.29, 1.82) is 0 Å². The van der Waals surface area contributed by atoms with Crippen molar-refractivity contribution < 1.29 is 4.39 Å². The van der Waals surface area contributed by atoms with Crippen molar-refractivity contribution in [1.82, 2.24) is 14.3 Å². The van der Waals surface area contributed by atoms with Gasteiger partial charge < -0.3 is 4.57 Å². The van der Waals surface area contributed by atoms with E-state index in [1.54, 1.807) is 19.1 Å². The number of para-hydroxylation sites is 1. The number of pyridine rings is 1. The second-order valence-electron chi connectivity index (χ2n) is 6.61. The number of aryl methyl sites for hydroxylation is 2. The molecule has 0 aliphatic heterocycles. The second kappa shape index (κ2) is 6.39. The van der Waals surface area contributed by atoms with Crippen LogP contribution in [0.5, 0.6) is 0 Å². The van der Waals surface area contributed by atoms with Gasteiger partial charge in [0.05, 0.1) is 23.1 Å². The summed E-state index contributed by atoms with van der Waals surface area (Å²) in [7, 11) is 0. The van der Waals surface area contributed by atoms with Gasteiger partial charge in [0, 0.05) is 11.8 Å². The number of halogens is 1. The number of benzene rings is 2. The first-order valence-electron chi connectivity index (χ1n) is 8.61. The molecule has 2 heterocycles. The Labute approximate surface area is 154 Å². The number of nitrogens with zero attached hydrogens (tertiary/aromatic N) is 2. The van der Waals surface area contributed by atoms with E-state index in [-0.39, 0.29) is 23.5 Å². The molecule has 0 aliphatic rings. The van der Waals surface area contributed by atoms with Gasteiger partial charge in [0.2, 0.25) is 0 Å². The first kappa shape index (κ1) is 17.0. The summed E-state index contributed by atoms with van der Waals surface area (Å²) in [6.07, 6.45) is 0. The monoisotopic (exact) mass is 363 g/mol. The van der Waals surface area contributed by atoms with Crippen molar-refractivity contribution in [2.45, 2.75) is 20.4 Å². The summed E-state index contributed by atoms with van der Waals surface area (Å²) in [6, 6.07) is 15.0. The molecule has 4 aromatic rings. The normalized spacial score (nSPS) is 11.2. The Morgan fingerprint density at radius 3 is 2.52 bits per heavy atom. The second-order valence-corrected chi connectivity index (χ2v) is 6.61. The molecule has 1 N–H and O–H groups in total. The zero-order chi connectivity index (χ0) is 19.1. The van der Waals surface area contributed by atoms with Crippen LogP contribution < -0.4 is 11.1 Å². The van der Waals surface area contributed by atoms with Gasteiger partial charge in [-0.3, -0.25) is 14.7 Å². The van der Waals surface area contributed by atoms with Gasteiger partial charge in [0.15, 0.2) is 0 Å². The Hall–Kier alpha value is -3.41. The molecule has 6 heteroatoms. The fourth-order valence-electron chi connectivity index (χ4n) is 3.41. The minimum Gasteiger partial charge on any atom is -0.308 e. The van der Waals surface area contributed by atoms with Crippen LogP contribution in [0.4, 0.5) is 4.39 Å². The lowest BCUT2D eigenvalue weighted by Gasteiger charge is -2.10. The van der Waals surface area contributed by atoms with E-state index in [4.69, 9.17) is 0 Å². The summed E-state index contributed by atoms with van der Waals surface area (Å²) < 4.78 is 16.4. The van der Waals surface area contributed by atoms with Gasteiger partial charge in [0.1, 0.15) is 5.82 Å². The molecule has 0 bridgehead atoms. The van der Waals surface area contributed by atoms with Crippen molar-refractivity contribution in [3.05, 3.63) is 97.9 Å². The minimum atomic E-state index is -0.358. The zero-order valence-corrected chi connectivity index (χ0v) is 15.0. The zero-order valence-electron chi connectivity index (χ0n) is 15.0. The smallest absolute Gasteiger partial charge is 0.280 e. The highest BCUT2D eigenvalue weighted by Crippen LogP contribution is 2.16. The van der Waals surface area contributed by atoms with Crippen LogP contribution in [-0.4, -0.2) is 14.3 Å². The average molecular weight is 363 g/mol. The SMILES string of the molecule is Cc1ccccc1-n1[nH]c2cc(=O)n(Cc3cccc(F)c3)c(C)c2c1=O. The molecule has 0 unspecified atom stereocenters. The fraction of sp³-hybridized carbons (Fsp3) is 0.143. The molecular weight excluding hydrogens is 345 g/mol. The third-order valence-corrected chi connectivity index (χ3v) is 4.81. The number of H-pyrrole nitrogens is 1. The maximum Gasteiger partial charge on any atom is 0.280 e. The quantitative estimate of drug-likeness (QED) is 0.607. The third-order valence-electron chi connectivity index (χ3n) is 4.81. The number of nitrogens with one attached hydrogen (secondary N) is 1.